The van der Waals surface area contributed by atoms with Crippen LogP contribution in [0.3, 0.4) is 0 Å². The Kier molecular flexibility index (Phi) is 3.62. The summed E-state index contributed by atoms with van der Waals surface area (Å²) >= 11 is 0. The van der Waals surface area contributed by atoms with Gasteiger partial charge >= 0.3 is 0 Å². The predicted molar refractivity (Wildman–Crippen MR) is 84.3 cm³/mol. The van der Waals surface area contributed by atoms with E-state index >= 15 is 0 Å². The minimum atomic E-state index is 0.683. The first-order chi connectivity index (χ1) is 10.3. The first-order valence-corrected chi connectivity index (χ1v) is 6.57. The van der Waals surface area contributed by atoms with Gasteiger partial charge in [0.05, 0.1) is 11.4 Å². The molecule has 0 amide bonds. The maximum atomic E-state index is 5.86. The molecule has 0 bridgehead atoms. The lowest BCUT2D eigenvalue weighted by atomic mass is 10.1. The van der Waals surface area contributed by atoms with Crippen molar-refractivity contribution in [2.75, 3.05) is 5.73 Å². The molecule has 21 heavy (non-hydrogen) atoms. The molecule has 3 heteroatoms. The Morgan fingerprint density at radius 2 is 1.57 bits per heavy atom. The van der Waals surface area contributed by atoms with E-state index in [-0.39, 0.29) is 0 Å². The van der Waals surface area contributed by atoms with Gasteiger partial charge in [-0.05, 0) is 36.4 Å². The zero-order valence-corrected chi connectivity index (χ0v) is 11.3. The first-order valence-electron chi connectivity index (χ1n) is 6.57. The number of anilines is 1. The number of pyridine rings is 2. The van der Waals surface area contributed by atoms with Crippen LogP contribution in [0, 0.1) is 11.8 Å². The number of para-hydroxylation sites is 1. The Labute approximate surface area is 123 Å². The van der Waals surface area contributed by atoms with Crippen LogP contribution in [-0.4, -0.2) is 9.97 Å². The number of hydrogen-bond donors (Lipinski definition) is 1. The molecule has 0 aliphatic rings. The molecule has 0 fully saturated rings. The quantitative estimate of drug-likeness (QED) is 0.546. The Hall–Kier alpha value is -3.12. The second kappa shape index (κ2) is 5.89. The summed E-state index contributed by atoms with van der Waals surface area (Å²) in [7, 11) is 0. The Morgan fingerprint density at radius 1 is 0.762 bits per heavy atom. The molecule has 3 aromatic rings. The van der Waals surface area contributed by atoms with Gasteiger partial charge in [-0.1, -0.05) is 30.0 Å². The third-order valence-corrected chi connectivity index (χ3v) is 2.99. The van der Waals surface area contributed by atoms with E-state index in [2.05, 4.69) is 21.8 Å². The topological polar surface area (TPSA) is 51.8 Å². The molecule has 2 heterocycles. The van der Waals surface area contributed by atoms with E-state index < -0.39 is 0 Å². The highest BCUT2D eigenvalue weighted by Crippen LogP contribution is 2.13. The van der Waals surface area contributed by atoms with Gasteiger partial charge in [0.15, 0.2) is 0 Å². The van der Waals surface area contributed by atoms with Gasteiger partial charge in [0.2, 0.25) is 0 Å². The van der Waals surface area contributed by atoms with Crippen molar-refractivity contribution in [1.29, 1.82) is 0 Å². The molecule has 2 aromatic heterocycles. The average molecular weight is 271 g/mol. The van der Waals surface area contributed by atoms with Gasteiger partial charge in [-0.15, -0.1) is 0 Å². The summed E-state index contributed by atoms with van der Waals surface area (Å²) in [5, 5.41) is 0. The standard InChI is InChI=1S/C18H13N3/c19-16-6-2-1-5-15(16)10-8-14-9-11-18(21-13-14)17-7-3-4-12-20-17/h1-7,9,11-13H,19H2. The van der Waals surface area contributed by atoms with Crippen molar-refractivity contribution < 1.29 is 0 Å². The lowest BCUT2D eigenvalue weighted by Gasteiger charge is -1.99. The summed E-state index contributed by atoms with van der Waals surface area (Å²) in [6.45, 7) is 0. The van der Waals surface area contributed by atoms with Crippen molar-refractivity contribution >= 4 is 5.69 Å². The largest absolute Gasteiger partial charge is 0.398 e. The van der Waals surface area contributed by atoms with Crippen LogP contribution in [0.1, 0.15) is 11.1 Å². The molecule has 0 saturated carbocycles. The van der Waals surface area contributed by atoms with E-state index in [4.69, 9.17) is 5.73 Å². The smallest absolute Gasteiger partial charge is 0.0887 e. The third kappa shape index (κ3) is 3.07. The molecule has 0 atom stereocenters. The summed E-state index contributed by atoms with van der Waals surface area (Å²) < 4.78 is 0. The van der Waals surface area contributed by atoms with E-state index in [0.717, 1.165) is 22.5 Å². The van der Waals surface area contributed by atoms with Crippen LogP contribution >= 0.6 is 0 Å². The number of aromatic nitrogens is 2. The molecule has 0 aliphatic heterocycles. The molecular formula is C18H13N3. The van der Waals surface area contributed by atoms with E-state index in [1.165, 1.54) is 0 Å². The average Bonchev–Trinajstić information content (AvgIpc) is 2.55. The summed E-state index contributed by atoms with van der Waals surface area (Å²) in [5.41, 5.74) is 9.90. The highest BCUT2D eigenvalue weighted by molar-refractivity contribution is 5.58. The molecule has 1 aromatic carbocycles. The summed E-state index contributed by atoms with van der Waals surface area (Å²) in [6.07, 6.45) is 3.50. The maximum Gasteiger partial charge on any atom is 0.0887 e. The molecule has 0 saturated heterocycles. The first kappa shape index (κ1) is 12.9. The van der Waals surface area contributed by atoms with Crippen molar-refractivity contribution in [1.82, 2.24) is 9.97 Å². The Morgan fingerprint density at radius 3 is 2.29 bits per heavy atom. The minimum absolute atomic E-state index is 0.683. The van der Waals surface area contributed by atoms with Crippen LogP contribution in [0.2, 0.25) is 0 Å². The molecule has 0 unspecified atom stereocenters. The van der Waals surface area contributed by atoms with E-state index in [9.17, 15) is 0 Å². The predicted octanol–water partition coefficient (Wildman–Crippen LogP) is 3.13. The second-order valence-electron chi connectivity index (χ2n) is 4.48. The minimum Gasteiger partial charge on any atom is -0.398 e. The fourth-order valence-corrected chi connectivity index (χ4v) is 1.88. The molecule has 2 N–H and O–H groups in total. The van der Waals surface area contributed by atoms with E-state index in [0.29, 0.717) is 5.69 Å². The van der Waals surface area contributed by atoms with Crippen molar-refractivity contribution in [3.05, 3.63) is 78.1 Å². The molecule has 0 radical (unpaired) electrons. The monoisotopic (exact) mass is 271 g/mol. The Bertz CT molecular complexity index is 797. The maximum absolute atomic E-state index is 5.86. The number of nitrogens with two attached hydrogens (primary N) is 1. The second-order valence-corrected chi connectivity index (χ2v) is 4.48. The van der Waals surface area contributed by atoms with Crippen molar-refractivity contribution in [3.8, 4) is 23.2 Å². The molecule has 3 nitrogen and oxygen atoms in total. The fraction of sp³-hybridized carbons (Fsp3) is 0. The van der Waals surface area contributed by atoms with Crippen LogP contribution in [0.25, 0.3) is 11.4 Å². The summed E-state index contributed by atoms with van der Waals surface area (Å²) in [6, 6.07) is 17.2. The lowest BCUT2D eigenvalue weighted by Crippen LogP contribution is -1.89. The van der Waals surface area contributed by atoms with Gasteiger partial charge in [-0.2, -0.15) is 0 Å². The van der Waals surface area contributed by atoms with Gasteiger partial charge in [-0.25, -0.2) is 0 Å². The van der Waals surface area contributed by atoms with Gasteiger partial charge < -0.3 is 5.73 Å². The number of hydrogen-bond acceptors (Lipinski definition) is 3. The lowest BCUT2D eigenvalue weighted by molar-refractivity contribution is 1.24. The number of rotatable bonds is 1. The van der Waals surface area contributed by atoms with Crippen molar-refractivity contribution in [3.63, 3.8) is 0 Å². The van der Waals surface area contributed by atoms with Crippen LogP contribution in [0.4, 0.5) is 5.69 Å². The van der Waals surface area contributed by atoms with E-state index in [1.54, 1.807) is 12.4 Å². The van der Waals surface area contributed by atoms with Gasteiger partial charge in [0.25, 0.3) is 0 Å². The molecule has 0 aliphatic carbocycles. The molecule has 0 spiro atoms. The van der Waals surface area contributed by atoms with Gasteiger partial charge in [0.1, 0.15) is 0 Å². The zero-order chi connectivity index (χ0) is 14.5. The molecular weight excluding hydrogens is 258 g/mol. The number of nitrogens with zero attached hydrogens (tertiary/aromatic N) is 2. The van der Waals surface area contributed by atoms with Gasteiger partial charge in [0, 0.05) is 29.2 Å². The zero-order valence-electron chi connectivity index (χ0n) is 11.3. The van der Waals surface area contributed by atoms with Crippen LogP contribution in [0.5, 0.6) is 0 Å². The van der Waals surface area contributed by atoms with Gasteiger partial charge in [-0.3, -0.25) is 9.97 Å². The highest BCUT2D eigenvalue weighted by Gasteiger charge is 1.99. The highest BCUT2D eigenvalue weighted by atomic mass is 14.8. The van der Waals surface area contributed by atoms with Crippen molar-refractivity contribution in [2.45, 2.75) is 0 Å². The normalized spacial score (nSPS) is 9.71. The van der Waals surface area contributed by atoms with Crippen LogP contribution < -0.4 is 5.73 Å². The third-order valence-electron chi connectivity index (χ3n) is 2.99. The SMILES string of the molecule is Nc1ccccc1C#Cc1ccc(-c2ccccn2)nc1. The van der Waals surface area contributed by atoms with Crippen LogP contribution in [-0.2, 0) is 0 Å². The summed E-state index contributed by atoms with van der Waals surface area (Å²) in [5.74, 6) is 6.13. The van der Waals surface area contributed by atoms with Crippen molar-refractivity contribution in [2.24, 2.45) is 0 Å². The molecule has 100 valence electrons. The van der Waals surface area contributed by atoms with Crippen LogP contribution in [0.15, 0.2) is 67.0 Å². The number of benzene rings is 1. The Balaban J connectivity index is 1.85. The van der Waals surface area contributed by atoms with E-state index in [1.807, 2.05) is 54.6 Å². The molecule has 3 rings (SSSR count). The number of nitrogen functional groups attached to an aromatic ring is 1. The fourth-order valence-electron chi connectivity index (χ4n) is 1.88. The summed E-state index contributed by atoms with van der Waals surface area (Å²) in [4.78, 5) is 8.66.